The van der Waals surface area contributed by atoms with Crippen LogP contribution in [0.1, 0.15) is 46.5 Å². The third-order valence-corrected chi connectivity index (χ3v) is 3.77. The molecule has 0 aromatic heterocycles. The van der Waals surface area contributed by atoms with E-state index in [4.69, 9.17) is 0 Å². The minimum absolute atomic E-state index is 0.366. The molecule has 1 nitrogen and oxygen atoms in total. The molecule has 1 aliphatic rings. The molecule has 0 saturated heterocycles. The molecule has 1 aliphatic carbocycles. The number of nitrogens with one attached hydrogen (secondary N) is 1. The van der Waals surface area contributed by atoms with Crippen LogP contribution in [0.3, 0.4) is 0 Å². The van der Waals surface area contributed by atoms with Crippen LogP contribution in [-0.2, 0) is 0 Å². The van der Waals surface area contributed by atoms with Gasteiger partial charge >= 0.3 is 0 Å². The maximum Gasteiger partial charge on any atom is 0.0201 e. The van der Waals surface area contributed by atoms with Gasteiger partial charge in [-0.3, -0.25) is 0 Å². The highest BCUT2D eigenvalue weighted by Gasteiger charge is 2.41. The largest absolute Gasteiger partial charge is 0.314 e. The van der Waals surface area contributed by atoms with Gasteiger partial charge in [-0.2, -0.15) is 0 Å². The summed E-state index contributed by atoms with van der Waals surface area (Å²) in [6.07, 6.45) is 5.49. The van der Waals surface area contributed by atoms with Gasteiger partial charge in [0.2, 0.25) is 0 Å². The van der Waals surface area contributed by atoms with Crippen LogP contribution < -0.4 is 5.32 Å². The topological polar surface area (TPSA) is 12.0 Å². The second-order valence-corrected chi connectivity index (χ2v) is 4.67. The summed E-state index contributed by atoms with van der Waals surface area (Å²) in [5.41, 5.74) is 0.839. The zero-order valence-corrected chi connectivity index (χ0v) is 8.33. The zero-order valence-electron chi connectivity index (χ0n) is 8.33. The number of hydrogen-bond acceptors (Lipinski definition) is 1. The van der Waals surface area contributed by atoms with E-state index in [-0.39, 0.29) is 0 Å². The first kappa shape index (κ1) is 9.05. The molecule has 1 heteroatoms. The molecule has 1 unspecified atom stereocenters. The lowest BCUT2D eigenvalue weighted by molar-refractivity contribution is 0.0859. The molecule has 0 amide bonds. The second-order valence-electron chi connectivity index (χ2n) is 4.67. The molecule has 11 heavy (non-hydrogen) atoms. The average Bonchev–Trinajstić information content (AvgIpc) is 1.95. The molecule has 0 spiro atoms. The van der Waals surface area contributed by atoms with Gasteiger partial charge in [-0.05, 0) is 32.2 Å². The molecule has 0 bridgehead atoms. The molecule has 0 heterocycles. The van der Waals surface area contributed by atoms with E-state index in [9.17, 15) is 0 Å². The summed E-state index contributed by atoms with van der Waals surface area (Å²) < 4.78 is 0. The Labute approximate surface area is 70.6 Å². The number of hydrogen-bond donors (Lipinski definition) is 1. The summed E-state index contributed by atoms with van der Waals surface area (Å²) in [6, 6.07) is 0. The van der Waals surface area contributed by atoms with Crippen LogP contribution >= 0.6 is 0 Å². The molecule has 0 aliphatic heterocycles. The van der Waals surface area contributed by atoms with Gasteiger partial charge in [-0.25, -0.2) is 0 Å². The van der Waals surface area contributed by atoms with Gasteiger partial charge in [-0.15, -0.1) is 0 Å². The molecule has 66 valence electrons. The van der Waals surface area contributed by atoms with Crippen molar-refractivity contribution in [2.24, 2.45) is 5.41 Å². The maximum atomic E-state index is 3.47. The fraction of sp³-hybridized carbons (Fsp3) is 1.00. The summed E-state index contributed by atoms with van der Waals surface area (Å²) >= 11 is 0. The maximum absolute atomic E-state index is 3.47. The standard InChI is InChI=1S/C10H21N/c1-9(2)7-5-6-8-10(9,3)11-4/h11H,5-8H2,1-4H3. The van der Waals surface area contributed by atoms with E-state index in [1.807, 2.05) is 0 Å². The first-order valence-corrected chi connectivity index (χ1v) is 4.71. The van der Waals surface area contributed by atoms with E-state index in [1.165, 1.54) is 25.7 Å². The van der Waals surface area contributed by atoms with Gasteiger partial charge in [0, 0.05) is 5.54 Å². The van der Waals surface area contributed by atoms with Crippen molar-refractivity contribution in [1.82, 2.24) is 5.32 Å². The second kappa shape index (κ2) is 2.78. The van der Waals surface area contributed by atoms with E-state index in [2.05, 4.69) is 33.1 Å². The van der Waals surface area contributed by atoms with E-state index in [0.717, 1.165) is 0 Å². The van der Waals surface area contributed by atoms with E-state index in [1.54, 1.807) is 0 Å². The van der Waals surface area contributed by atoms with Crippen molar-refractivity contribution in [3.05, 3.63) is 0 Å². The van der Waals surface area contributed by atoms with Crippen LogP contribution in [0.25, 0.3) is 0 Å². The van der Waals surface area contributed by atoms with Crippen molar-refractivity contribution in [2.75, 3.05) is 7.05 Å². The summed E-state index contributed by atoms with van der Waals surface area (Å²) in [7, 11) is 2.09. The van der Waals surface area contributed by atoms with Gasteiger partial charge in [0.25, 0.3) is 0 Å². The third kappa shape index (κ3) is 1.44. The zero-order chi connectivity index (χ0) is 8.54. The predicted octanol–water partition coefficient (Wildman–Crippen LogP) is 2.56. The van der Waals surface area contributed by atoms with Crippen molar-refractivity contribution >= 4 is 0 Å². The minimum Gasteiger partial charge on any atom is -0.314 e. The van der Waals surface area contributed by atoms with Crippen LogP contribution in [0.4, 0.5) is 0 Å². The molecule has 1 rings (SSSR count). The molecule has 0 aromatic rings. The fourth-order valence-corrected chi connectivity index (χ4v) is 2.12. The Morgan fingerprint density at radius 1 is 1.00 bits per heavy atom. The Morgan fingerprint density at radius 2 is 1.55 bits per heavy atom. The Morgan fingerprint density at radius 3 is 1.91 bits per heavy atom. The van der Waals surface area contributed by atoms with Crippen molar-refractivity contribution in [1.29, 1.82) is 0 Å². The lowest BCUT2D eigenvalue weighted by Crippen LogP contribution is -2.53. The minimum atomic E-state index is 0.366. The lowest BCUT2D eigenvalue weighted by Gasteiger charge is -2.48. The Kier molecular flexibility index (Phi) is 2.29. The smallest absolute Gasteiger partial charge is 0.0201 e. The lowest BCUT2D eigenvalue weighted by atomic mass is 9.64. The fourth-order valence-electron chi connectivity index (χ4n) is 2.12. The van der Waals surface area contributed by atoms with E-state index >= 15 is 0 Å². The van der Waals surface area contributed by atoms with Crippen molar-refractivity contribution < 1.29 is 0 Å². The van der Waals surface area contributed by atoms with Gasteiger partial charge in [0.05, 0.1) is 0 Å². The highest BCUT2D eigenvalue weighted by Crippen LogP contribution is 2.42. The third-order valence-electron chi connectivity index (χ3n) is 3.77. The quantitative estimate of drug-likeness (QED) is 0.613. The number of rotatable bonds is 1. The highest BCUT2D eigenvalue weighted by atomic mass is 15.0. The molecule has 1 N–H and O–H groups in total. The molecular weight excluding hydrogens is 134 g/mol. The molecule has 0 radical (unpaired) electrons. The van der Waals surface area contributed by atoms with Crippen LogP contribution in [0.2, 0.25) is 0 Å². The van der Waals surface area contributed by atoms with Gasteiger partial charge in [0.1, 0.15) is 0 Å². The Balaban J connectivity index is 2.74. The molecule has 1 fully saturated rings. The van der Waals surface area contributed by atoms with Crippen LogP contribution in [-0.4, -0.2) is 12.6 Å². The first-order chi connectivity index (χ1) is 5.02. The van der Waals surface area contributed by atoms with Gasteiger partial charge in [-0.1, -0.05) is 26.7 Å². The summed E-state index contributed by atoms with van der Waals surface area (Å²) in [6.45, 7) is 7.11. The van der Waals surface area contributed by atoms with Crippen LogP contribution in [0, 0.1) is 5.41 Å². The van der Waals surface area contributed by atoms with Crippen LogP contribution in [0.5, 0.6) is 0 Å². The molecular formula is C10H21N. The molecule has 0 aromatic carbocycles. The van der Waals surface area contributed by atoms with Gasteiger partial charge < -0.3 is 5.32 Å². The predicted molar refractivity (Wildman–Crippen MR) is 49.7 cm³/mol. The molecule has 1 saturated carbocycles. The Hall–Kier alpha value is -0.0400. The van der Waals surface area contributed by atoms with E-state index < -0.39 is 0 Å². The summed E-state index contributed by atoms with van der Waals surface area (Å²) in [5, 5.41) is 3.47. The first-order valence-electron chi connectivity index (χ1n) is 4.71. The monoisotopic (exact) mass is 155 g/mol. The van der Waals surface area contributed by atoms with E-state index in [0.29, 0.717) is 11.0 Å². The SMILES string of the molecule is CNC1(C)CCCCC1(C)C. The van der Waals surface area contributed by atoms with Crippen molar-refractivity contribution in [2.45, 2.75) is 52.0 Å². The van der Waals surface area contributed by atoms with Crippen LogP contribution in [0.15, 0.2) is 0 Å². The highest BCUT2D eigenvalue weighted by molar-refractivity contribution is 4.98. The van der Waals surface area contributed by atoms with Crippen molar-refractivity contribution in [3.8, 4) is 0 Å². The normalized spacial score (nSPS) is 37.1. The van der Waals surface area contributed by atoms with Crippen molar-refractivity contribution in [3.63, 3.8) is 0 Å². The molecule has 1 atom stereocenters. The summed E-state index contributed by atoms with van der Waals surface area (Å²) in [5.74, 6) is 0. The average molecular weight is 155 g/mol. The Bertz CT molecular complexity index is 140. The van der Waals surface area contributed by atoms with Gasteiger partial charge in [0.15, 0.2) is 0 Å². The summed E-state index contributed by atoms with van der Waals surface area (Å²) in [4.78, 5) is 0.